The van der Waals surface area contributed by atoms with Gasteiger partial charge < -0.3 is 20.6 Å². The number of aromatic nitrogens is 3. The van der Waals surface area contributed by atoms with Gasteiger partial charge in [0, 0.05) is 6.54 Å². The highest BCUT2D eigenvalue weighted by molar-refractivity contribution is 5.87. The van der Waals surface area contributed by atoms with Crippen molar-refractivity contribution in [3.63, 3.8) is 0 Å². The van der Waals surface area contributed by atoms with Crippen molar-refractivity contribution in [2.45, 2.75) is 26.1 Å². The van der Waals surface area contributed by atoms with Gasteiger partial charge in [0.15, 0.2) is 5.69 Å². The van der Waals surface area contributed by atoms with Crippen LogP contribution in [-0.4, -0.2) is 32.0 Å². The van der Waals surface area contributed by atoms with Crippen LogP contribution >= 0.6 is 0 Å². The van der Waals surface area contributed by atoms with E-state index >= 15 is 0 Å². The zero-order valence-corrected chi connectivity index (χ0v) is 11.3. The highest BCUT2D eigenvalue weighted by Gasteiger charge is 2.24. The average Bonchev–Trinajstić information content (AvgIpc) is 3.12. The zero-order chi connectivity index (χ0) is 15.4. The molecule has 1 unspecified atom stereocenters. The molecule has 2 aromatic rings. The van der Waals surface area contributed by atoms with Crippen molar-refractivity contribution in [1.82, 2.24) is 20.3 Å². The Morgan fingerprint density at radius 2 is 2.33 bits per heavy atom. The number of carboxylic acids is 1. The van der Waals surface area contributed by atoms with Gasteiger partial charge in [0.05, 0.1) is 18.5 Å². The summed E-state index contributed by atoms with van der Waals surface area (Å²) in [6.45, 7) is 1.73. The molecular weight excluding hydrogens is 278 g/mol. The van der Waals surface area contributed by atoms with E-state index in [0.717, 1.165) is 0 Å². The van der Waals surface area contributed by atoms with Gasteiger partial charge in [-0.15, -0.1) is 5.10 Å². The molecule has 0 bridgehead atoms. The summed E-state index contributed by atoms with van der Waals surface area (Å²) in [7, 11) is 0. The Bertz CT molecular complexity index is 634. The summed E-state index contributed by atoms with van der Waals surface area (Å²) in [6.07, 6.45) is 1.51. The van der Waals surface area contributed by atoms with Gasteiger partial charge in [-0.1, -0.05) is 5.21 Å². The van der Waals surface area contributed by atoms with Gasteiger partial charge in [-0.05, 0) is 19.1 Å². The van der Waals surface area contributed by atoms with E-state index in [-0.39, 0.29) is 30.4 Å². The van der Waals surface area contributed by atoms with Crippen LogP contribution in [0.3, 0.4) is 0 Å². The molecule has 0 saturated heterocycles. The first-order valence-electron chi connectivity index (χ1n) is 6.22. The van der Waals surface area contributed by atoms with Crippen molar-refractivity contribution in [2.24, 2.45) is 5.73 Å². The number of carboxylic acid groups (broad SMARTS) is 1. The molecule has 1 amide bonds. The summed E-state index contributed by atoms with van der Waals surface area (Å²) < 4.78 is 6.31. The Hall–Kier alpha value is -2.68. The molecule has 0 aromatic carbocycles. The molecule has 0 aliphatic rings. The maximum Gasteiger partial charge on any atom is 0.358 e. The second-order valence-electron chi connectivity index (χ2n) is 4.31. The summed E-state index contributed by atoms with van der Waals surface area (Å²) in [4.78, 5) is 23.0. The molecule has 0 saturated carbocycles. The molecule has 0 aliphatic heterocycles. The fourth-order valence-corrected chi connectivity index (χ4v) is 1.83. The van der Waals surface area contributed by atoms with Gasteiger partial charge in [0.2, 0.25) is 5.91 Å². The molecular formula is C12H15N5O4. The van der Waals surface area contributed by atoms with Gasteiger partial charge >= 0.3 is 5.97 Å². The van der Waals surface area contributed by atoms with Crippen LogP contribution in [0, 0.1) is 0 Å². The van der Waals surface area contributed by atoms with Gasteiger partial charge in [-0.25, -0.2) is 9.48 Å². The third-order valence-corrected chi connectivity index (χ3v) is 2.95. The van der Waals surface area contributed by atoms with E-state index in [1.165, 1.54) is 10.9 Å². The lowest BCUT2D eigenvalue weighted by molar-refractivity contribution is -0.124. The molecule has 0 aliphatic carbocycles. The molecule has 2 heterocycles. The molecule has 4 N–H and O–H groups in total. The number of furan rings is 1. The molecule has 0 spiro atoms. The number of carbonyl (C=O) groups excluding carboxylic acids is 1. The quantitative estimate of drug-likeness (QED) is 0.676. The van der Waals surface area contributed by atoms with Crippen molar-refractivity contribution in [1.29, 1.82) is 0 Å². The van der Waals surface area contributed by atoms with E-state index in [9.17, 15) is 9.59 Å². The Morgan fingerprint density at radius 1 is 1.57 bits per heavy atom. The van der Waals surface area contributed by atoms with Gasteiger partial charge in [-0.3, -0.25) is 4.79 Å². The number of nitrogens with two attached hydrogens (primary N) is 1. The first kappa shape index (κ1) is 14.7. The number of aromatic carboxylic acids is 1. The normalized spacial score (nSPS) is 12.1. The van der Waals surface area contributed by atoms with Crippen molar-refractivity contribution in [3.8, 4) is 0 Å². The SMILES string of the molecule is CC(C(=O)NCc1ccco1)n1nnc(C(=O)O)c1CN. The van der Waals surface area contributed by atoms with Crippen molar-refractivity contribution >= 4 is 11.9 Å². The number of nitrogens with zero attached hydrogens (tertiary/aromatic N) is 3. The lowest BCUT2D eigenvalue weighted by atomic mass is 10.2. The number of carbonyl (C=O) groups is 2. The molecule has 2 aromatic heterocycles. The third-order valence-electron chi connectivity index (χ3n) is 2.95. The summed E-state index contributed by atoms with van der Waals surface area (Å²) >= 11 is 0. The van der Waals surface area contributed by atoms with Crippen LogP contribution in [0.15, 0.2) is 22.8 Å². The molecule has 112 valence electrons. The lowest BCUT2D eigenvalue weighted by Crippen LogP contribution is -2.32. The second-order valence-corrected chi connectivity index (χ2v) is 4.31. The van der Waals surface area contributed by atoms with E-state index in [0.29, 0.717) is 5.76 Å². The topological polar surface area (TPSA) is 136 Å². The van der Waals surface area contributed by atoms with Crippen molar-refractivity contribution < 1.29 is 19.1 Å². The number of amides is 1. The summed E-state index contributed by atoms with van der Waals surface area (Å²) in [5.41, 5.74) is 5.46. The minimum Gasteiger partial charge on any atom is -0.476 e. The molecule has 0 radical (unpaired) electrons. The van der Waals surface area contributed by atoms with E-state index in [1.807, 2.05) is 0 Å². The Labute approximate surface area is 119 Å². The highest BCUT2D eigenvalue weighted by Crippen LogP contribution is 2.12. The number of hydrogen-bond donors (Lipinski definition) is 3. The largest absolute Gasteiger partial charge is 0.476 e. The summed E-state index contributed by atoms with van der Waals surface area (Å²) in [5, 5.41) is 18.9. The van der Waals surface area contributed by atoms with Gasteiger partial charge in [0.1, 0.15) is 11.8 Å². The van der Waals surface area contributed by atoms with Gasteiger partial charge in [0.25, 0.3) is 0 Å². The predicted molar refractivity (Wildman–Crippen MR) is 70.1 cm³/mol. The highest BCUT2D eigenvalue weighted by atomic mass is 16.4. The van der Waals surface area contributed by atoms with Crippen LogP contribution in [0.4, 0.5) is 0 Å². The van der Waals surface area contributed by atoms with E-state index in [1.54, 1.807) is 19.1 Å². The van der Waals surface area contributed by atoms with E-state index in [4.69, 9.17) is 15.3 Å². The van der Waals surface area contributed by atoms with Crippen molar-refractivity contribution in [2.75, 3.05) is 0 Å². The van der Waals surface area contributed by atoms with Crippen LogP contribution in [0.5, 0.6) is 0 Å². The monoisotopic (exact) mass is 293 g/mol. The van der Waals surface area contributed by atoms with Crippen LogP contribution in [-0.2, 0) is 17.9 Å². The minimum absolute atomic E-state index is 0.0789. The summed E-state index contributed by atoms with van der Waals surface area (Å²) in [5.74, 6) is -0.966. The number of hydrogen-bond acceptors (Lipinski definition) is 6. The molecule has 0 fully saturated rings. The summed E-state index contributed by atoms with van der Waals surface area (Å²) in [6, 6.07) is 2.71. The third kappa shape index (κ3) is 3.08. The fourth-order valence-electron chi connectivity index (χ4n) is 1.83. The van der Waals surface area contributed by atoms with Crippen LogP contribution < -0.4 is 11.1 Å². The van der Waals surface area contributed by atoms with Crippen LogP contribution in [0.2, 0.25) is 0 Å². The standard InChI is InChI=1S/C12H15N5O4/c1-7(11(18)14-6-8-3-2-4-21-8)17-9(5-13)10(12(19)20)15-16-17/h2-4,7H,5-6,13H2,1H3,(H,14,18)(H,19,20). The Kier molecular flexibility index (Phi) is 4.33. The molecule has 9 heteroatoms. The van der Waals surface area contributed by atoms with Crippen LogP contribution in [0.1, 0.15) is 34.9 Å². The number of rotatable bonds is 6. The Morgan fingerprint density at radius 3 is 2.90 bits per heavy atom. The number of nitrogens with one attached hydrogen (secondary N) is 1. The first-order valence-corrected chi connectivity index (χ1v) is 6.22. The zero-order valence-electron chi connectivity index (χ0n) is 11.3. The fraction of sp³-hybridized carbons (Fsp3) is 0.333. The molecule has 9 nitrogen and oxygen atoms in total. The first-order chi connectivity index (χ1) is 10.0. The lowest BCUT2D eigenvalue weighted by Gasteiger charge is -2.13. The van der Waals surface area contributed by atoms with E-state index < -0.39 is 12.0 Å². The maximum absolute atomic E-state index is 12.1. The second kappa shape index (κ2) is 6.18. The predicted octanol–water partition coefficient (Wildman–Crippen LogP) is -0.0946. The van der Waals surface area contributed by atoms with Crippen molar-refractivity contribution in [3.05, 3.63) is 35.5 Å². The Balaban J connectivity index is 2.10. The smallest absolute Gasteiger partial charge is 0.358 e. The average molecular weight is 293 g/mol. The van der Waals surface area contributed by atoms with Gasteiger partial charge in [-0.2, -0.15) is 0 Å². The molecule has 21 heavy (non-hydrogen) atoms. The maximum atomic E-state index is 12.1. The molecule has 2 rings (SSSR count). The minimum atomic E-state index is -1.23. The van der Waals surface area contributed by atoms with Crippen LogP contribution in [0.25, 0.3) is 0 Å². The molecule has 1 atom stereocenters. The van der Waals surface area contributed by atoms with E-state index in [2.05, 4.69) is 15.6 Å².